The van der Waals surface area contributed by atoms with Crippen LogP contribution in [0, 0.1) is 6.92 Å². The molecular formula is C24H25N3O2S2. The molecule has 7 heteroatoms. The van der Waals surface area contributed by atoms with E-state index in [0.717, 1.165) is 40.2 Å². The molecule has 2 heterocycles. The molecule has 31 heavy (non-hydrogen) atoms. The molecule has 1 atom stereocenters. The number of thioether (sulfide) groups is 1. The minimum atomic E-state index is -0.342. The van der Waals surface area contributed by atoms with Gasteiger partial charge in [0.2, 0.25) is 5.91 Å². The molecule has 0 saturated carbocycles. The molecule has 0 spiro atoms. The zero-order chi connectivity index (χ0) is 21.6. The van der Waals surface area contributed by atoms with Gasteiger partial charge in [-0.15, -0.1) is 11.3 Å². The number of nitrogens with one attached hydrogen (secondary N) is 2. The van der Waals surface area contributed by atoms with Gasteiger partial charge in [-0.3, -0.25) is 4.79 Å². The van der Waals surface area contributed by atoms with Crippen molar-refractivity contribution in [1.29, 1.82) is 0 Å². The van der Waals surface area contributed by atoms with Crippen LogP contribution < -0.4 is 10.6 Å². The lowest BCUT2D eigenvalue weighted by Crippen LogP contribution is -2.39. The standard InChI is InChI=1S/C24H25N3O2S2/c1-16-7-3-4-9-18(16)14-25-23(28)19(11-12-30-2)26-24-27-20(15-31-24)22-13-17-8-5-6-10-21(17)29-22/h3-10,13,15,19H,11-12,14H2,1-2H3,(H,25,28)(H,26,27)/t19-/m1/s1. The smallest absolute Gasteiger partial charge is 0.242 e. The molecule has 2 aromatic carbocycles. The van der Waals surface area contributed by atoms with E-state index in [0.29, 0.717) is 11.7 Å². The number of nitrogens with zero attached hydrogens (tertiary/aromatic N) is 1. The molecule has 160 valence electrons. The highest BCUT2D eigenvalue weighted by Gasteiger charge is 2.20. The first-order chi connectivity index (χ1) is 15.1. The Morgan fingerprint density at radius 1 is 1.19 bits per heavy atom. The van der Waals surface area contributed by atoms with Crippen molar-refractivity contribution in [2.75, 3.05) is 17.3 Å². The van der Waals surface area contributed by atoms with Gasteiger partial charge in [0.1, 0.15) is 17.3 Å². The molecule has 0 aliphatic heterocycles. The topological polar surface area (TPSA) is 67.2 Å². The molecule has 2 aromatic heterocycles. The van der Waals surface area contributed by atoms with Gasteiger partial charge in [-0.2, -0.15) is 11.8 Å². The van der Waals surface area contributed by atoms with Crippen LogP contribution in [0.15, 0.2) is 64.4 Å². The number of hydrogen-bond donors (Lipinski definition) is 2. The van der Waals surface area contributed by atoms with Crippen molar-refractivity contribution in [3.63, 3.8) is 0 Å². The van der Waals surface area contributed by atoms with Crippen LogP contribution in [0.4, 0.5) is 5.13 Å². The van der Waals surface area contributed by atoms with Crippen molar-refractivity contribution in [2.24, 2.45) is 0 Å². The van der Waals surface area contributed by atoms with Crippen LogP contribution >= 0.6 is 23.1 Å². The number of benzene rings is 2. The zero-order valence-corrected chi connectivity index (χ0v) is 19.2. The van der Waals surface area contributed by atoms with E-state index in [2.05, 4.69) is 28.6 Å². The number of para-hydroxylation sites is 1. The van der Waals surface area contributed by atoms with Crippen LogP contribution in [-0.4, -0.2) is 28.9 Å². The highest BCUT2D eigenvalue weighted by molar-refractivity contribution is 7.98. The van der Waals surface area contributed by atoms with Gasteiger partial charge in [0.15, 0.2) is 10.9 Å². The second kappa shape index (κ2) is 10.0. The fourth-order valence-electron chi connectivity index (χ4n) is 3.33. The summed E-state index contributed by atoms with van der Waals surface area (Å²) in [6.07, 6.45) is 2.77. The van der Waals surface area contributed by atoms with Crippen LogP contribution in [-0.2, 0) is 11.3 Å². The number of rotatable bonds is 9. The van der Waals surface area contributed by atoms with E-state index in [-0.39, 0.29) is 11.9 Å². The first-order valence-corrected chi connectivity index (χ1v) is 12.4. The Bertz CT molecular complexity index is 1140. The summed E-state index contributed by atoms with van der Waals surface area (Å²) in [6.45, 7) is 2.57. The third kappa shape index (κ3) is 5.29. The van der Waals surface area contributed by atoms with Crippen molar-refractivity contribution < 1.29 is 9.21 Å². The van der Waals surface area contributed by atoms with E-state index in [1.807, 2.05) is 60.2 Å². The van der Waals surface area contributed by atoms with Crippen LogP contribution in [0.3, 0.4) is 0 Å². The number of fused-ring (bicyclic) bond motifs is 1. The van der Waals surface area contributed by atoms with Crippen molar-refractivity contribution in [2.45, 2.75) is 25.9 Å². The second-order valence-corrected chi connectivity index (χ2v) is 9.15. The normalized spacial score (nSPS) is 12.1. The summed E-state index contributed by atoms with van der Waals surface area (Å²) in [5.74, 6) is 1.60. The molecule has 4 aromatic rings. The van der Waals surface area contributed by atoms with Gasteiger partial charge in [-0.1, -0.05) is 42.5 Å². The Morgan fingerprint density at radius 2 is 2.00 bits per heavy atom. The van der Waals surface area contributed by atoms with Crippen LogP contribution in [0.1, 0.15) is 17.5 Å². The molecule has 1 amide bonds. The average molecular weight is 452 g/mol. The summed E-state index contributed by atoms with van der Waals surface area (Å²) in [7, 11) is 0. The number of aryl methyl sites for hydroxylation is 1. The fourth-order valence-corrected chi connectivity index (χ4v) is 4.55. The van der Waals surface area contributed by atoms with Gasteiger partial charge in [-0.05, 0) is 48.6 Å². The van der Waals surface area contributed by atoms with E-state index >= 15 is 0 Å². The second-order valence-electron chi connectivity index (χ2n) is 7.31. The average Bonchev–Trinajstić information content (AvgIpc) is 3.42. The molecule has 0 fully saturated rings. The van der Waals surface area contributed by atoms with Gasteiger partial charge in [0, 0.05) is 17.3 Å². The van der Waals surface area contributed by atoms with Crippen LogP contribution in [0.2, 0.25) is 0 Å². The first-order valence-electron chi connectivity index (χ1n) is 10.2. The Hall–Kier alpha value is -2.77. The molecular weight excluding hydrogens is 426 g/mol. The molecule has 0 radical (unpaired) electrons. The number of amides is 1. The number of furan rings is 1. The lowest BCUT2D eigenvalue weighted by atomic mass is 10.1. The molecule has 0 bridgehead atoms. The van der Waals surface area contributed by atoms with Gasteiger partial charge >= 0.3 is 0 Å². The number of hydrogen-bond acceptors (Lipinski definition) is 6. The maximum Gasteiger partial charge on any atom is 0.242 e. The summed E-state index contributed by atoms with van der Waals surface area (Å²) >= 11 is 3.21. The number of thiazole rings is 1. The Kier molecular flexibility index (Phi) is 6.94. The van der Waals surface area contributed by atoms with Gasteiger partial charge in [0.05, 0.1) is 0 Å². The monoisotopic (exact) mass is 451 g/mol. The molecule has 5 nitrogen and oxygen atoms in total. The highest BCUT2D eigenvalue weighted by Crippen LogP contribution is 2.30. The Morgan fingerprint density at radius 3 is 2.81 bits per heavy atom. The molecule has 0 aliphatic carbocycles. The molecule has 0 aliphatic rings. The summed E-state index contributed by atoms with van der Waals surface area (Å²) in [5.41, 5.74) is 3.91. The predicted octanol–water partition coefficient (Wildman–Crippen LogP) is 5.71. The van der Waals surface area contributed by atoms with E-state index in [4.69, 9.17) is 4.42 Å². The fraction of sp³-hybridized carbons (Fsp3) is 0.250. The van der Waals surface area contributed by atoms with E-state index in [1.165, 1.54) is 16.9 Å². The summed E-state index contributed by atoms with van der Waals surface area (Å²) < 4.78 is 5.92. The minimum Gasteiger partial charge on any atom is -0.454 e. The lowest BCUT2D eigenvalue weighted by molar-refractivity contribution is -0.122. The van der Waals surface area contributed by atoms with Crippen molar-refractivity contribution in [3.8, 4) is 11.5 Å². The van der Waals surface area contributed by atoms with Crippen LogP contribution in [0.25, 0.3) is 22.4 Å². The number of carbonyl (C=O) groups excluding carboxylic acids is 1. The molecule has 0 unspecified atom stereocenters. The van der Waals surface area contributed by atoms with E-state index in [9.17, 15) is 4.79 Å². The maximum absolute atomic E-state index is 12.9. The largest absolute Gasteiger partial charge is 0.454 e. The molecule has 0 saturated heterocycles. The van der Waals surface area contributed by atoms with Gasteiger partial charge in [0.25, 0.3) is 0 Å². The van der Waals surface area contributed by atoms with Crippen molar-refractivity contribution >= 4 is 45.1 Å². The number of anilines is 1. The highest BCUT2D eigenvalue weighted by atomic mass is 32.2. The van der Waals surface area contributed by atoms with Crippen molar-refractivity contribution in [3.05, 3.63) is 71.1 Å². The maximum atomic E-state index is 12.9. The molecule has 4 rings (SSSR count). The Balaban J connectivity index is 1.45. The number of carbonyl (C=O) groups is 1. The summed E-state index contributed by atoms with van der Waals surface area (Å²) in [4.78, 5) is 17.6. The summed E-state index contributed by atoms with van der Waals surface area (Å²) in [5, 5.41) is 10.1. The third-order valence-corrected chi connectivity index (χ3v) is 6.54. The van der Waals surface area contributed by atoms with Gasteiger partial charge in [-0.25, -0.2) is 4.98 Å². The lowest BCUT2D eigenvalue weighted by Gasteiger charge is -2.18. The zero-order valence-electron chi connectivity index (χ0n) is 17.6. The van der Waals surface area contributed by atoms with Gasteiger partial charge < -0.3 is 15.1 Å². The minimum absolute atomic E-state index is 0.0159. The van der Waals surface area contributed by atoms with Crippen molar-refractivity contribution in [1.82, 2.24) is 10.3 Å². The summed E-state index contributed by atoms with van der Waals surface area (Å²) in [6, 6.07) is 17.7. The van der Waals surface area contributed by atoms with E-state index < -0.39 is 0 Å². The molecule has 2 N–H and O–H groups in total. The van der Waals surface area contributed by atoms with Crippen LogP contribution in [0.5, 0.6) is 0 Å². The SMILES string of the molecule is CSCC[C@@H](Nc1nc(-c2cc3ccccc3o2)cs1)C(=O)NCc1ccccc1C. The number of aromatic nitrogens is 1. The first kappa shape index (κ1) is 21.5. The third-order valence-electron chi connectivity index (χ3n) is 5.12. The van der Waals surface area contributed by atoms with E-state index in [1.54, 1.807) is 11.8 Å². The quantitative estimate of drug-likeness (QED) is 0.341. The Labute approximate surface area is 190 Å². The predicted molar refractivity (Wildman–Crippen MR) is 131 cm³/mol.